The predicted octanol–water partition coefficient (Wildman–Crippen LogP) is 3.14. The molecule has 1 aromatic carbocycles. The SMILES string of the molecule is O=C1C=CC=C(C[N+]2(Cc3ccc(Cl)cc3)CCOCC2)C1. The summed E-state index contributed by atoms with van der Waals surface area (Å²) in [4.78, 5) is 11.6. The average Bonchev–Trinajstić information content (AvgIpc) is 2.50. The molecule has 0 aromatic heterocycles. The number of nitrogens with zero attached hydrogens (tertiary/aromatic N) is 1. The van der Waals surface area contributed by atoms with E-state index in [1.165, 1.54) is 11.1 Å². The highest BCUT2D eigenvalue weighted by atomic mass is 35.5. The first-order valence-electron chi connectivity index (χ1n) is 7.71. The van der Waals surface area contributed by atoms with Gasteiger partial charge in [0, 0.05) is 17.0 Å². The molecule has 1 aromatic rings. The molecule has 1 fully saturated rings. The van der Waals surface area contributed by atoms with Crippen LogP contribution in [0.1, 0.15) is 12.0 Å². The second kappa shape index (κ2) is 6.78. The maximum atomic E-state index is 11.6. The number of allylic oxidation sites excluding steroid dienone is 3. The van der Waals surface area contributed by atoms with E-state index in [2.05, 4.69) is 18.2 Å². The molecule has 2 aliphatic rings. The van der Waals surface area contributed by atoms with Crippen molar-refractivity contribution < 1.29 is 14.0 Å². The Hall–Kier alpha value is -1.42. The van der Waals surface area contributed by atoms with E-state index in [0.717, 1.165) is 48.9 Å². The number of carbonyl (C=O) groups excluding carboxylic acids is 1. The quantitative estimate of drug-likeness (QED) is 0.797. The third-order valence-corrected chi connectivity index (χ3v) is 4.66. The second-order valence-electron chi connectivity index (χ2n) is 6.17. The molecule has 0 spiro atoms. The Morgan fingerprint density at radius 3 is 2.50 bits per heavy atom. The van der Waals surface area contributed by atoms with Crippen molar-refractivity contribution in [3.63, 3.8) is 0 Å². The minimum Gasteiger partial charge on any atom is -0.370 e. The second-order valence-corrected chi connectivity index (χ2v) is 6.61. The summed E-state index contributed by atoms with van der Waals surface area (Å²) < 4.78 is 6.51. The first kappa shape index (κ1) is 15.5. The molecule has 0 N–H and O–H groups in total. The van der Waals surface area contributed by atoms with Crippen molar-refractivity contribution in [2.24, 2.45) is 0 Å². The number of ketones is 1. The van der Waals surface area contributed by atoms with Crippen molar-refractivity contribution in [2.45, 2.75) is 13.0 Å². The molecule has 116 valence electrons. The van der Waals surface area contributed by atoms with Crippen LogP contribution in [0.4, 0.5) is 0 Å². The van der Waals surface area contributed by atoms with Gasteiger partial charge < -0.3 is 9.22 Å². The van der Waals surface area contributed by atoms with E-state index in [1.807, 2.05) is 18.2 Å². The van der Waals surface area contributed by atoms with E-state index in [1.54, 1.807) is 6.08 Å². The standard InChI is InChI=1S/C18H21ClNO2/c19-17-6-4-15(5-7-17)13-20(8-10-22-11-9-20)14-16-2-1-3-18(21)12-16/h1-7H,8-14H2/q+1. The Balaban J connectivity index is 1.78. The molecule has 0 atom stereocenters. The maximum Gasteiger partial charge on any atom is 0.159 e. The number of hydrogen-bond acceptors (Lipinski definition) is 2. The molecule has 0 bridgehead atoms. The van der Waals surface area contributed by atoms with E-state index in [9.17, 15) is 4.79 Å². The van der Waals surface area contributed by atoms with Gasteiger partial charge in [-0.25, -0.2) is 0 Å². The molecule has 4 heteroatoms. The lowest BCUT2D eigenvalue weighted by Gasteiger charge is -2.42. The Morgan fingerprint density at radius 2 is 1.82 bits per heavy atom. The molecule has 1 heterocycles. The van der Waals surface area contributed by atoms with Crippen molar-refractivity contribution in [3.8, 4) is 0 Å². The van der Waals surface area contributed by atoms with Crippen molar-refractivity contribution >= 4 is 17.4 Å². The smallest absolute Gasteiger partial charge is 0.159 e. The van der Waals surface area contributed by atoms with E-state index < -0.39 is 0 Å². The summed E-state index contributed by atoms with van der Waals surface area (Å²) in [5.74, 6) is 0.204. The zero-order valence-electron chi connectivity index (χ0n) is 12.6. The van der Waals surface area contributed by atoms with Gasteiger partial charge in [-0.05, 0) is 23.8 Å². The van der Waals surface area contributed by atoms with Gasteiger partial charge in [0.05, 0.1) is 13.2 Å². The molecule has 3 nitrogen and oxygen atoms in total. The highest BCUT2D eigenvalue weighted by Crippen LogP contribution is 2.23. The summed E-state index contributed by atoms with van der Waals surface area (Å²) in [6.45, 7) is 5.41. The first-order valence-corrected chi connectivity index (χ1v) is 8.09. The van der Waals surface area contributed by atoms with Crippen LogP contribution in [0.25, 0.3) is 0 Å². The number of quaternary nitrogens is 1. The topological polar surface area (TPSA) is 26.3 Å². The van der Waals surface area contributed by atoms with Crippen molar-refractivity contribution in [1.29, 1.82) is 0 Å². The third-order valence-electron chi connectivity index (χ3n) is 4.41. The van der Waals surface area contributed by atoms with E-state index >= 15 is 0 Å². The summed E-state index contributed by atoms with van der Waals surface area (Å²) >= 11 is 5.98. The molecular weight excluding hydrogens is 298 g/mol. The van der Waals surface area contributed by atoms with Crippen LogP contribution in [0, 0.1) is 0 Å². The average molecular weight is 319 g/mol. The number of benzene rings is 1. The third kappa shape index (κ3) is 3.86. The van der Waals surface area contributed by atoms with Crippen LogP contribution in [0.5, 0.6) is 0 Å². The van der Waals surface area contributed by atoms with E-state index in [0.29, 0.717) is 6.42 Å². The van der Waals surface area contributed by atoms with Crippen molar-refractivity contribution in [1.82, 2.24) is 0 Å². The Morgan fingerprint density at radius 1 is 1.09 bits per heavy atom. The number of ether oxygens (including phenoxy) is 1. The number of rotatable bonds is 4. The van der Waals surface area contributed by atoms with E-state index in [-0.39, 0.29) is 5.78 Å². The van der Waals surface area contributed by atoms with Crippen LogP contribution in [0.15, 0.2) is 48.1 Å². The summed E-state index contributed by atoms with van der Waals surface area (Å²) in [6, 6.07) is 8.08. The van der Waals surface area contributed by atoms with Gasteiger partial charge in [0.15, 0.2) is 5.78 Å². The van der Waals surface area contributed by atoms with Gasteiger partial charge in [-0.2, -0.15) is 0 Å². The molecule has 22 heavy (non-hydrogen) atoms. The fourth-order valence-corrected chi connectivity index (χ4v) is 3.38. The van der Waals surface area contributed by atoms with Crippen LogP contribution >= 0.6 is 11.6 Å². The fourth-order valence-electron chi connectivity index (χ4n) is 3.25. The lowest BCUT2D eigenvalue weighted by Crippen LogP contribution is -2.55. The van der Waals surface area contributed by atoms with Gasteiger partial charge in [0.2, 0.25) is 0 Å². The van der Waals surface area contributed by atoms with Crippen LogP contribution in [0.2, 0.25) is 5.02 Å². The van der Waals surface area contributed by atoms with E-state index in [4.69, 9.17) is 16.3 Å². The largest absolute Gasteiger partial charge is 0.370 e. The van der Waals surface area contributed by atoms with Gasteiger partial charge in [-0.3, -0.25) is 4.79 Å². The van der Waals surface area contributed by atoms with Crippen molar-refractivity contribution in [2.75, 3.05) is 32.8 Å². The van der Waals surface area contributed by atoms with Gasteiger partial charge in [0.1, 0.15) is 26.2 Å². The zero-order chi connectivity index (χ0) is 15.4. The number of hydrogen-bond donors (Lipinski definition) is 0. The molecule has 3 rings (SSSR count). The van der Waals surface area contributed by atoms with Crippen LogP contribution in [-0.2, 0) is 16.1 Å². The highest BCUT2D eigenvalue weighted by molar-refractivity contribution is 6.30. The number of carbonyl (C=O) groups is 1. The van der Waals surface area contributed by atoms with Crippen LogP contribution < -0.4 is 0 Å². The first-order chi connectivity index (χ1) is 10.7. The summed E-state index contributed by atoms with van der Waals surface area (Å²) in [5.41, 5.74) is 2.51. The van der Waals surface area contributed by atoms with Crippen molar-refractivity contribution in [3.05, 3.63) is 58.7 Å². The minimum atomic E-state index is 0.204. The molecule has 0 amide bonds. The Bertz CT molecular complexity index is 598. The van der Waals surface area contributed by atoms with Gasteiger partial charge in [-0.15, -0.1) is 0 Å². The highest BCUT2D eigenvalue weighted by Gasteiger charge is 2.32. The Kier molecular flexibility index (Phi) is 4.77. The maximum absolute atomic E-state index is 11.6. The summed E-state index contributed by atoms with van der Waals surface area (Å²) in [7, 11) is 0. The molecule has 0 radical (unpaired) electrons. The zero-order valence-corrected chi connectivity index (χ0v) is 13.4. The monoisotopic (exact) mass is 318 g/mol. The lowest BCUT2D eigenvalue weighted by atomic mass is 10.0. The molecule has 1 aliphatic carbocycles. The summed E-state index contributed by atoms with van der Waals surface area (Å²) in [6.07, 6.45) is 6.18. The van der Waals surface area contributed by atoms with Gasteiger partial charge in [0.25, 0.3) is 0 Å². The fraction of sp³-hybridized carbons (Fsp3) is 0.389. The molecular formula is C18H21ClNO2+. The molecule has 0 saturated carbocycles. The molecule has 1 aliphatic heterocycles. The van der Waals surface area contributed by atoms with Gasteiger partial charge in [-0.1, -0.05) is 35.9 Å². The lowest BCUT2D eigenvalue weighted by molar-refractivity contribution is -0.943. The Labute approximate surface area is 136 Å². The predicted molar refractivity (Wildman–Crippen MR) is 87.7 cm³/mol. The van der Waals surface area contributed by atoms with Gasteiger partial charge >= 0.3 is 0 Å². The van der Waals surface area contributed by atoms with Crippen LogP contribution in [-0.4, -0.2) is 43.1 Å². The summed E-state index contributed by atoms with van der Waals surface area (Å²) in [5, 5.41) is 0.767. The molecule has 1 saturated heterocycles. The van der Waals surface area contributed by atoms with Crippen LogP contribution in [0.3, 0.4) is 0 Å². The number of morpholine rings is 1. The normalized spacial score (nSPS) is 20.8. The minimum absolute atomic E-state index is 0.204. The number of halogens is 1. The molecule has 0 unspecified atom stereocenters.